The van der Waals surface area contributed by atoms with Gasteiger partial charge in [-0.15, -0.1) is 0 Å². The number of rotatable bonds is 6. The van der Waals surface area contributed by atoms with E-state index >= 15 is 0 Å². The van der Waals surface area contributed by atoms with Gasteiger partial charge in [0.15, 0.2) is 5.96 Å². The summed E-state index contributed by atoms with van der Waals surface area (Å²) in [6.07, 6.45) is 0. The molecule has 0 radical (unpaired) electrons. The second-order valence-electron chi connectivity index (χ2n) is 8.13. The van der Waals surface area contributed by atoms with Gasteiger partial charge < -0.3 is 26.8 Å². The number of nitrogens with two attached hydrogens (primary N) is 2. The fourth-order valence-electron chi connectivity index (χ4n) is 3.52. The van der Waals surface area contributed by atoms with Crippen LogP contribution in [0.3, 0.4) is 0 Å². The smallest absolute Gasteiger partial charge is 0.343 e. The number of amides is 3. The number of guanidine groups is 1. The molecule has 190 valence electrons. The van der Waals surface area contributed by atoms with Crippen molar-refractivity contribution >= 4 is 51.8 Å². The highest BCUT2D eigenvalue weighted by Gasteiger charge is 2.12. The number of primary amides is 1. The van der Waals surface area contributed by atoms with Crippen LogP contribution < -0.4 is 32.2 Å². The average Bonchev–Trinajstić information content (AvgIpc) is 2.88. The van der Waals surface area contributed by atoms with E-state index < -0.39 is 17.9 Å². The third kappa shape index (κ3) is 6.29. The van der Waals surface area contributed by atoms with Crippen LogP contribution in [0.5, 0.6) is 5.75 Å². The third-order valence-corrected chi connectivity index (χ3v) is 5.38. The van der Waals surface area contributed by atoms with E-state index in [-0.39, 0.29) is 17.4 Å². The van der Waals surface area contributed by atoms with Crippen molar-refractivity contribution in [3.63, 3.8) is 0 Å². The highest BCUT2D eigenvalue weighted by Crippen LogP contribution is 2.23. The average molecular weight is 510 g/mol. The third-order valence-electron chi connectivity index (χ3n) is 5.38. The Bertz CT molecular complexity index is 1570. The summed E-state index contributed by atoms with van der Waals surface area (Å²) < 4.78 is 5.48. The molecule has 0 aromatic heterocycles. The summed E-state index contributed by atoms with van der Waals surface area (Å²) in [5.41, 5.74) is 12.7. The summed E-state index contributed by atoms with van der Waals surface area (Å²) in [5.74, 6) is -1.02. The van der Waals surface area contributed by atoms with E-state index in [0.29, 0.717) is 28.3 Å². The maximum atomic E-state index is 12.6. The topological polar surface area (TPSA) is 196 Å². The molecule has 4 rings (SSSR count). The van der Waals surface area contributed by atoms with E-state index in [9.17, 15) is 14.4 Å². The van der Waals surface area contributed by atoms with Crippen LogP contribution in [-0.2, 0) is 0 Å². The largest absolute Gasteiger partial charge is 0.423 e. The summed E-state index contributed by atoms with van der Waals surface area (Å²) >= 11 is 0. The molecule has 0 saturated carbocycles. The molecule has 11 nitrogen and oxygen atoms in total. The Morgan fingerprint density at radius 2 is 1.21 bits per heavy atom. The number of esters is 1. The van der Waals surface area contributed by atoms with E-state index in [2.05, 4.69) is 16.0 Å². The van der Waals surface area contributed by atoms with Gasteiger partial charge in [-0.3, -0.25) is 20.9 Å². The Labute approximate surface area is 216 Å². The number of urea groups is 1. The zero-order valence-corrected chi connectivity index (χ0v) is 19.9. The Balaban J connectivity index is 1.33. The van der Waals surface area contributed by atoms with Gasteiger partial charge in [0.25, 0.3) is 5.91 Å². The molecular weight excluding hydrogens is 486 g/mol. The van der Waals surface area contributed by atoms with Crippen molar-refractivity contribution in [3.05, 3.63) is 102 Å². The van der Waals surface area contributed by atoms with E-state index in [1.165, 1.54) is 36.4 Å². The fraction of sp³-hybridized carbons (Fsp3) is 0. The number of carbonyl (C=O) groups is 3. The van der Waals surface area contributed by atoms with Gasteiger partial charge in [0.1, 0.15) is 11.6 Å². The summed E-state index contributed by atoms with van der Waals surface area (Å²) in [5, 5.41) is 24.8. The Hall–Kier alpha value is -5.71. The van der Waals surface area contributed by atoms with Crippen LogP contribution in [0.2, 0.25) is 0 Å². The number of amidine groups is 1. The number of fused-ring (bicyclic) bond motifs is 1. The minimum Gasteiger partial charge on any atom is -0.423 e. The van der Waals surface area contributed by atoms with Crippen molar-refractivity contribution in [1.29, 1.82) is 10.8 Å². The lowest BCUT2D eigenvalue weighted by molar-refractivity contribution is 0.0734. The second-order valence-corrected chi connectivity index (χ2v) is 8.13. The lowest BCUT2D eigenvalue weighted by Crippen LogP contribution is -2.35. The monoisotopic (exact) mass is 509 g/mol. The normalized spacial score (nSPS) is 10.3. The summed E-state index contributed by atoms with van der Waals surface area (Å²) in [6, 6.07) is 21.9. The van der Waals surface area contributed by atoms with Gasteiger partial charge >= 0.3 is 12.0 Å². The van der Waals surface area contributed by atoms with Gasteiger partial charge in [-0.2, -0.15) is 0 Å². The van der Waals surface area contributed by atoms with Crippen LogP contribution in [0, 0.1) is 10.8 Å². The number of ether oxygens (including phenoxy) is 1. The minimum atomic E-state index is -0.716. The molecule has 0 saturated heterocycles. The molecule has 0 spiro atoms. The first-order valence-corrected chi connectivity index (χ1v) is 11.2. The Kier molecular flexibility index (Phi) is 7.29. The summed E-state index contributed by atoms with van der Waals surface area (Å²) in [6.45, 7) is 0. The Morgan fingerprint density at radius 3 is 1.84 bits per heavy atom. The molecule has 4 aromatic rings. The molecular formula is C27H23N7O4. The number of anilines is 2. The fourth-order valence-corrected chi connectivity index (χ4v) is 3.52. The van der Waals surface area contributed by atoms with Gasteiger partial charge in [-0.1, -0.05) is 18.2 Å². The highest BCUT2D eigenvalue weighted by atomic mass is 16.5. The van der Waals surface area contributed by atoms with Crippen molar-refractivity contribution in [1.82, 2.24) is 5.32 Å². The first-order valence-electron chi connectivity index (χ1n) is 11.2. The van der Waals surface area contributed by atoms with E-state index in [0.717, 1.165) is 10.8 Å². The molecule has 0 unspecified atom stereocenters. The first-order chi connectivity index (χ1) is 18.2. The zero-order valence-electron chi connectivity index (χ0n) is 19.9. The van der Waals surface area contributed by atoms with E-state index in [1.807, 2.05) is 0 Å². The van der Waals surface area contributed by atoms with Crippen molar-refractivity contribution in [2.24, 2.45) is 11.5 Å². The molecule has 4 aromatic carbocycles. The standard InChI is InChI=1S/C27H23N7O4/c28-23(29)19-2-1-18-14-22(12-7-17(18)13-19)38-25(36)16-5-10-20(11-6-16)32-26(30)34-24(35)15-3-8-21(9-4-15)33-27(31)37/h1-14H,(H3,28,29)(H3,31,33,37)(H3,30,32,34,35). The van der Waals surface area contributed by atoms with E-state index in [1.54, 1.807) is 48.5 Å². The van der Waals surface area contributed by atoms with Gasteiger partial charge in [0.2, 0.25) is 0 Å². The molecule has 0 bridgehead atoms. The molecule has 3 amide bonds. The molecule has 0 aliphatic rings. The van der Waals surface area contributed by atoms with Gasteiger partial charge in [-0.25, -0.2) is 9.59 Å². The van der Waals surface area contributed by atoms with Crippen LogP contribution in [0.1, 0.15) is 26.3 Å². The molecule has 0 aliphatic carbocycles. The molecule has 9 N–H and O–H groups in total. The predicted octanol–water partition coefficient (Wildman–Crippen LogP) is 3.61. The maximum absolute atomic E-state index is 12.6. The number of hydrogen-bond donors (Lipinski definition) is 7. The first kappa shape index (κ1) is 25.4. The van der Waals surface area contributed by atoms with Gasteiger partial charge in [0, 0.05) is 22.5 Å². The molecule has 0 fully saturated rings. The van der Waals surface area contributed by atoms with Crippen LogP contribution in [0.25, 0.3) is 10.8 Å². The molecule has 0 heterocycles. The number of nitrogens with one attached hydrogen (secondary N) is 5. The SMILES string of the molecule is N=C(NC(=O)c1ccc(NC(N)=O)cc1)Nc1ccc(C(=O)Oc2ccc3cc(C(=N)N)ccc3c2)cc1. The van der Waals surface area contributed by atoms with Crippen LogP contribution in [-0.4, -0.2) is 29.7 Å². The number of nitrogen functional groups attached to an aromatic ring is 1. The minimum absolute atomic E-state index is 0.0244. The van der Waals surface area contributed by atoms with Crippen molar-refractivity contribution in [2.45, 2.75) is 0 Å². The number of hydrogen-bond acceptors (Lipinski definition) is 6. The zero-order chi connectivity index (χ0) is 27.2. The lowest BCUT2D eigenvalue weighted by atomic mass is 10.1. The summed E-state index contributed by atoms with van der Waals surface area (Å²) in [7, 11) is 0. The summed E-state index contributed by atoms with van der Waals surface area (Å²) in [4.78, 5) is 35.8. The van der Waals surface area contributed by atoms with Crippen molar-refractivity contribution < 1.29 is 19.1 Å². The van der Waals surface area contributed by atoms with Crippen molar-refractivity contribution in [3.8, 4) is 5.75 Å². The second kappa shape index (κ2) is 10.9. The van der Waals surface area contributed by atoms with Crippen LogP contribution in [0.15, 0.2) is 84.9 Å². The number of benzene rings is 4. The van der Waals surface area contributed by atoms with Crippen LogP contribution in [0.4, 0.5) is 16.2 Å². The lowest BCUT2D eigenvalue weighted by Gasteiger charge is -2.11. The van der Waals surface area contributed by atoms with Gasteiger partial charge in [0.05, 0.1) is 5.56 Å². The molecule has 0 aliphatic heterocycles. The maximum Gasteiger partial charge on any atom is 0.343 e. The Morgan fingerprint density at radius 1 is 0.658 bits per heavy atom. The van der Waals surface area contributed by atoms with Crippen LogP contribution >= 0.6 is 0 Å². The van der Waals surface area contributed by atoms with Gasteiger partial charge in [-0.05, 0) is 77.5 Å². The van der Waals surface area contributed by atoms with Crippen molar-refractivity contribution in [2.75, 3.05) is 10.6 Å². The molecule has 38 heavy (non-hydrogen) atoms. The quantitative estimate of drug-likeness (QED) is 0.0896. The van der Waals surface area contributed by atoms with E-state index in [4.69, 9.17) is 27.0 Å². The highest BCUT2D eigenvalue weighted by molar-refractivity contribution is 6.09. The molecule has 11 heteroatoms. The predicted molar refractivity (Wildman–Crippen MR) is 145 cm³/mol. The molecule has 0 atom stereocenters. The number of carbonyl (C=O) groups excluding carboxylic acids is 3.